The summed E-state index contributed by atoms with van der Waals surface area (Å²) >= 11 is 0. The Morgan fingerprint density at radius 3 is 2.84 bits per heavy atom. The number of pyridine rings is 1. The van der Waals surface area contributed by atoms with Crippen LogP contribution in [0.3, 0.4) is 0 Å². The normalized spacial score (nSPS) is 16.2. The first-order valence-corrected chi connectivity index (χ1v) is 10.0. The molecule has 1 saturated heterocycles. The number of benzene rings is 1. The Morgan fingerprint density at radius 1 is 1.28 bits per heavy atom. The van der Waals surface area contributed by atoms with Crippen molar-refractivity contribution in [3.05, 3.63) is 30.5 Å². The SMILES string of the molecule is CCOc1ccc(S(=O)(=O)NCCN2CCNCC2)c2cccnc12. The van der Waals surface area contributed by atoms with Crippen molar-refractivity contribution in [3.63, 3.8) is 0 Å². The topological polar surface area (TPSA) is 83.6 Å². The largest absolute Gasteiger partial charge is 0.492 e. The van der Waals surface area contributed by atoms with Crippen LogP contribution in [-0.4, -0.2) is 64.2 Å². The van der Waals surface area contributed by atoms with Gasteiger partial charge in [-0.1, -0.05) is 0 Å². The van der Waals surface area contributed by atoms with Crippen LogP contribution in [0.25, 0.3) is 10.9 Å². The van der Waals surface area contributed by atoms with Crippen LogP contribution in [0.2, 0.25) is 0 Å². The third-order valence-corrected chi connectivity index (χ3v) is 5.73. The van der Waals surface area contributed by atoms with Gasteiger partial charge in [0.2, 0.25) is 10.0 Å². The van der Waals surface area contributed by atoms with Crippen LogP contribution in [-0.2, 0) is 10.0 Å². The number of nitrogens with one attached hydrogen (secondary N) is 2. The van der Waals surface area contributed by atoms with Gasteiger partial charge in [-0.3, -0.25) is 9.88 Å². The van der Waals surface area contributed by atoms with E-state index in [1.54, 1.807) is 30.5 Å². The zero-order chi connectivity index (χ0) is 17.7. The second-order valence-electron chi connectivity index (χ2n) is 5.88. The molecule has 7 nitrogen and oxygen atoms in total. The zero-order valence-corrected chi connectivity index (χ0v) is 15.2. The minimum atomic E-state index is -3.61. The Morgan fingerprint density at radius 2 is 2.08 bits per heavy atom. The number of aromatic nitrogens is 1. The molecule has 1 aliphatic rings. The van der Waals surface area contributed by atoms with Crippen molar-refractivity contribution in [1.82, 2.24) is 19.9 Å². The molecule has 0 radical (unpaired) electrons. The minimum Gasteiger partial charge on any atom is -0.492 e. The molecule has 0 amide bonds. The molecule has 2 heterocycles. The summed E-state index contributed by atoms with van der Waals surface area (Å²) in [7, 11) is -3.61. The summed E-state index contributed by atoms with van der Waals surface area (Å²) in [4.78, 5) is 6.78. The molecule has 0 bridgehead atoms. The van der Waals surface area contributed by atoms with E-state index in [4.69, 9.17) is 4.74 Å². The van der Waals surface area contributed by atoms with Crippen LogP contribution in [0.4, 0.5) is 0 Å². The summed E-state index contributed by atoms with van der Waals surface area (Å²) in [5, 5.41) is 3.86. The van der Waals surface area contributed by atoms with Crippen molar-refractivity contribution in [1.29, 1.82) is 0 Å². The first-order chi connectivity index (χ1) is 12.1. The van der Waals surface area contributed by atoms with E-state index < -0.39 is 10.0 Å². The van der Waals surface area contributed by atoms with Gasteiger partial charge < -0.3 is 10.1 Å². The highest BCUT2D eigenvalue weighted by atomic mass is 32.2. The molecule has 0 atom stereocenters. The maximum atomic E-state index is 12.7. The Hall–Kier alpha value is -1.74. The summed E-state index contributed by atoms with van der Waals surface area (Å²) < 4.78 is 33.8. The fourth-order valence-corrected chi connectivity index (χ4v) is 4.19. The van der Waals surface area contributed by atoms with Crippen LogP contribution in [0.15, 0.2) is 35.4 Å². The van der Waals surface area contributed by atoms with Crippen molar-refractivity contribution >= 4 is 20.9 Å². The fourth-order valence-electron chi connectivity index (χ4n) is 2.98. The van der Waals surface area contributed by atoms with E-state index in [2.05, 4.69) is 19.9 Å². The number of fused-ring (bicyclic) bond motifs is 1. The molecule has 0 unspecified atom stereocenters. The molecule has 1 aromatic carbocycles. The smallest absolute Gasteiger partial charge is 0.241 e. The summed E-state index contributed by atoms with van der Waals surface area (Å²) in [5.74, 6) is 0.595. The van der Waals surface area contributed by atoms with Gasteiger partial charge in [0.1, 0.15) is 11.3 Å². The third kappa shape index (κ3) is 4.27. The van der Waals surface area contributed by atoms with Gasteiger partial charge in [0.15, 0.2) is 0 Å². The van der Waals surface area contributed by atoms with Crippen molar-refractivity contribution in [2.45, 2.75) is 11.8 Å². The molecule has 1 aromatic heterocycles. The molecule has 136 valence electrons. The van der Waals surface area contributed by atoms with Crippen LogP contribution in [0, 0.1) is 0 Å². The Balaban J connectivity index is 1.78. The molecule has 2 aromatic rings. The Labute approximate surface area is 148 Å². The van der Waals surface area contributed by atoms with Crippen molar-refractivity contribution in [2.24, 2.45) is 0 Å². The highest BCUT2D eigenvalue weighted by molar-refractivity contribution is 7.89. The molecular weight excluding hydrogens is 340 g/mol. The quantitative estimate of drug-likeness (QED) is 0.757. The van der Waals surface area contributed by atoms with Crippen LogP contribution < -0.4 is 14.8 Å². The molecule has 3 rings (SSSR count). The van der Waals surface area contributed by atoms with Crippen molar-refractivity contribution in [3.8, 4) is 5.75 Å². The molecule has 25 heavy (non-hydrogen) atoms. The van der Waals surface area contributed by atoms with E-state index in [1.807, 2.05) is 6.92 Å². The van der Waals surface area contributed by atoms with Gasteiger partial charge in [0.25, 0.3) is 0 Å². The molecule has 0 saturated carbocycles. The first kappa shape index (κ1) is 18.1. The van der Waals surface area contributed by atoms with Gasteiger partial charge in [-0.25, -0.2) is 13.1 Å². The lowest BCUT2D eigenvalue weighted by molar-refractivity contribution is 0.245. The van der Waals surface area contributed by atoms with Gasteiger partial charge in [0, 0.05) is 50.9 Å². The highest BCUT2D eigenvalue weighted by Crippen LogP contribution is 2.29. The van der Waals surface area contributed by atoms with Crippen molar-refractivity contribution in [2.75, 3.05) is 45.9 Å². The van der Waals surface area contributed by atoms with E-state index in [-0.39, 0.29) is 4.90 Å². The summed E-state index contributed by atoms with van der Waals surface area (Å²) in [6.45, 7) is 7.25. The maximum absolute atomic E-state index is 12.7. The predicted molar refractivity (Wildman–Crippen MR) is 97.4 cm³/mol. The number of hydrogen-bond acceptors (Lipinski definition) is 6. The van der Waals surface area contributed by atoms with E-state index in [1.165, 1.54) is 0 Å². The lowest BCUT2D eigenvalue weighted by Gasteiger charge is -2.27. The van der Waals surface area contributed by atoms with E-state index in [0.717, 1.165) is 26.2 Å². The Kier molecular flexibility index (Phi) is 5.85. The zero-order valence-electron chi connectivity index (χ0n) is 14.4. The standard InChI is InChI=1S/C17H24N4O3S/c1-2-24-15-5-6-16(14-4-3-7-19-17(14)15)25(22,23)20-10-13-21-11-8-18-9-12-21/h3-7,18,20H,2,8-13H2,1H3. The number of nitrogens with zero attached hydrogens (tertiary/aromatic N) is 2. The molecule has 0 spiro atoms. The van der Waals surface area contributed by atoms with E-state index in [0.29, 0.717) is 36.3 Å². The van der Waals surface area contributed by atoms with Crippen molar-refractivity contribution < 1.29 is 13.2 Å². The lowest BCUT2D eigenvalue weighted by atomic mass is 10.2. The van der Waals surface area contributed by atoms with Gasteiger partial charge in [0.05, 0.1) is 11.5 Å². The molecular formula is C17H24N4O3S. The molecule has 0 aliphatic carbocycles. The van der Waals surface area contributed by atoms with Gasteiger partial charge in [-0.2, -0.15) is 0 Å². The Bertz CT molecular complexity index is 820. The number of sulfonamides is 1. The number of rotatable bonds is 7. The summed E-state index contributed by atoms with van der Waals surface area (Å²) in [6.07, 6.45) is 1.64. The monoisotopic (exact) mass is 364 g/mol. The third-order valence-electron chi connectivity index (χ3n) is 4.21. The molecule has 1 aliphatic heterocycles. The second-order valence-corrected chi connectivity index (χ2v) is 7.62. The summed E-state index contributed by atoms with van der Waals surface area (Å²) in [5.41, 5.74) is 0.564. The lowest BCUT2D eigenvalue weighted by Crippen LogP contribution is -2.46. The fraction of sp³-hybridized carbons (Fsp3) is 0.471. The van der Waals surface area contributed by atoms with Crippen LogP contribution >= 0.6 is 0 Å². The maximum Gasteiger partial charge on any atom is 0.241 e. The molecule has 8 heteroatoms. The van der Waals surface area contributed by atoms with Gasteiger partial charge in [-0.05, 0) is 31.2 Å². The van der Waals surface area contributed by atoms with Gasteiger partial charge >= 0.3 is 0 Å². The average molecular weight is 364 g/mol. The van der Waals surface area contributed by atoms with Crippen LogP contribution in [0.1, 0.15) is 6.92 Å². The molecule has 1 fully saturated rings. The van der Waals surface area contributed by atoms with E-state index in [9.17, 15) is 8.42 Å². The number of piperazine rings is 1. The van der Waals surface area contributed by atoms with Crippen LogP contribution in [0.5, 0.6) is 5.75 Å². The number of hydrogen-bond donors (Lipinski definition) is 2. The second kappa shape index (κ2) is 8.09. The minimum absolute atomic E-state index is 0.236. The van der Waals surface area contributed by atoms with Gasteiger partial charge in [-0.15, -0.1) is 0 Å². The highest BCUT2D eigenvalue weighted by Gasteiger charge is 2.20. The number of ether oxygens (including phenoxy) is 1. The summed E-state index contributed by atoms with van der Waals surface area (Å²) in [6, 6.07) is 6.75. The average Bonchev–Trinajstić information content (AvgIpc) is 2.63. The molecule has 2 N–H and O–H groups in total. The first-order valence-electron chi connectivity index (χ1n) is 8.55. The van der Waals surface area contributed by atoms with E-state index >= 15 is 0 Å². The predicted octanol–water partition coefficient (Wildman–Crippen LogP) is 0.817.